The zero-order valence-corrected chi connectivity index (χ0v) is 50.4. The summed E-state index contributed by atoms with van der Waals surface area (Å²) in [4.78, 5) is 109. The summed E-state index contributed by atoms with van der Waals surface area (Å²) in [5, 5.41) is 47.8. The molecule has 84 heavy (non-hydrogen) atoms. The molecular formula is C54H99N11O19. The molecule has 0 aliphatic heterocycles. The zero-order valence-electron chi connectivity index (χ0n) is 50.4. The van der Waals surface area contributed by atoms with Gasteiger partial charge in [-0.3, -0.25) is 43.2 Å². The van der Waals surface area contributed by atoms with Crippen LogP contribution in [0.25, 0.3) is 0 Å². The number of hydrogen-bond acceptors (Lipinski definition) is 23. The van der Waals surface area contributed by atoms with Crippen molar-refractivity contribution in [3.05, 3.63) is 0 Å². The molecule has 0 heterocycles. The molecule has 0 bridgehead atoms. The molecule has 0 spiro atoms. The summed E-state index contributed by atoms with van der Waals surface area (Å²) >= 11 is 0. The number of oxime groups is 2. The number of nitrogens with two attached hydrogens (primary N) is 1. The van der Waals surface area contributed by atoms with E-state index in [2.05, 4.69) is 52.8 Å². The molecule has 0 aliphatic rings. The molecule has 0 aromatic carbocycles. The van der Waals surface area contributed by atoms with Crippen molar-refractivity contribution in [2.75, 3.05) is 152 Å². The number of nitrogens with zero attached hydrogens (tertiary/aromatic N) is 2. The molecular weight excluding hydrogens is 1110 g/mol. The van der Waals surface area contributed by atoms with Crippen LogP contribution in [0, 0.1) is 5.92 Å². The molecule has 484 valence electrons. The van der Waals surface area contributed by atoms with Crippen molar-refractivity contribution in [1.82, 2.24) is 42.5 Å². The minimum absolute atomic E-state index is 0.0482. The molecule has 30 nitrogen and oxygen atoms in total. The predicted octanol–water partition coefficient (Wildman–Crippen LogP) is -1.61. The van der Waals surface area contributed by atoms with Gasteiger partial charge in [0.15, 0.2) is 11.6 Å². The molecule has 0 saturated carbocycles. The Morgan fingerprint density at radius 3 is 1.35 bits per heavy atom. The van der Waals surface area contributed by atoms with E-state index in [0.29, 0.717) is 89.5 Å². The number of primary amides is 1. The smallest absolute Gasteiger partial charge is 0.246 e. The molecule has 12 N–H and O–H groups in total. The minimum atomic E-state index is -0.687. The Morgan fingerprint density at radius 1 is 0.488 bits per heavy atom. The van der Waals surface area contributed by atoms with E-state index in [-0.39, 0.29) is 197 Å². The molecule has 30 heteroatoms. The average molecular weight is 1210 g/mol. The zero-order chi connectivity index (χ0) is 62.6. The van der Waals surface area contributed by atoms with E-state index >= 15 is 0 Å². The van der Waals surface area contributed by atoms with E-state index in [1.165, 1.54) is 6.92 Å². The summed E-state index contributed by atoms with van der Waals surface area (Å²) in [5.74, 6) is -3.20. The normalized spacial score (nSPS) is 12.9. The fourth-order valence-electron chi connectivity index (χ4n) is 6.93. The fourth-order valence-corrected chi connectivity index (χ4v) is 6.93. The maximum Gasteiger partial charge on any atom is 0.246 e. The summed E-state index contributed by atoms with van der Waals surface area (Å²) in [5.41, 5.74) is 5.85. The van der Waals surface area contributed by atoms with Crippen molar-refractivity contribution >= 4 is 64.3 Å². The Balaban J connectivity index is 3.90. The number of carbonyl (C=O) groups is 9. The monoisotopic (exact) mass is 1210 g/mol. The lowest BCUT2D eigenvalue weighted by atomic mass is 9.95. The maximum absolute atomic E-state index is 12.8. The van der Waals surface area contributed by atoms with Gasteiger partial charge in [-0.2, -0.15) is 0 Å². The number of Topliss-reactive ketones (excluding diaryl/α,β-unsaturated/α-hetero) is 2. The highest BCUT2D eigenvalue weighted by molar-refractivity contribution is 5.90. The van der Waals surface area contributed by atoms with Gasteiger partial charge in [0.05, 0.1) is 102 Å². The number of ketones is 2. The summed E-state index contributed by atoms with van der Waals surface area (Å²) in [6.07, 6.45) is 2.62. The summed E-state index contributed by atoms with van der Waals surface area (Å²) < 4.78 is 42.5. The molecule has 7 amide bonds. The van der Waals surface area contributed by atoms with Gasteiger partial charge in [0, 0.05) is 89.9 Å². The molecule has 0 saturated heterocycles. The van der Waals surface area contributed by atoms with Gasteiger partial charge in [-0.05, 0) is 67.2 Å². The molecule has 2 unspecified atom stereocenters. The quantitative estimate of drug-likeness (QED) is 0.0141. The van der Waals surface area contributed by atoms with Crippen LogP contribution in [-0.4, -0.2) is 244 Å². The van der Waals surface area contributed by atoms with Crippen LogP contribution in [0.5, 0.6) is 0 Å². The van der Waals surface area contributed by atoms with E-state index in [0.717, 1.165) is 0 Å². The number of rotatable bonds is 57. The second-order valence-electron chi connectivity index (χ2n) is 20.0. The Hall–Kier alpha value is -5.83. The Bertz CT molecular complexity index is 1950. The third kappa shape index (κ3) is 47.5. The molecule has 0 aliphatic carbocycles. The first-order chi connectivity index (χ1) is 40.2. The van der Waals surface area contributed by atoms with Crippen molar-refractivity contribution in [2.24, 2.45) is 22.0 Å². The van der Waals surface area contributed by atoms with Crippen LogP contribution in [0.3, 0.4) is 0 Å². The van der Waals surface area contributed by atoms with Crippen molar-refractivity contribution < 1.29 is 91.5 Å². The SMILES string of the molecule is CC(=O)COCCOCCNC(=O)COCCOCCNC(=O)CCCC(=O)NCCOCCOCC(=O)NCCOCCOCC(=O)C[C@@H](CCCCNC(=O)CCCC(=O)NC(CNC(C)/C(C)=N\O)CNC(C)(C)/C(C)=N\O)C(N)=O. The number of amides is 7. The first kappa shape index (κ1) is 78.2. The highest BCUT2D eigenvalue weighted by Crippen LogP contribution is 2.13. The van der Waals surface area contributed by atoms with Crippen LogP contribution in [0.1, 0.15) is 106 Å². The van der Waals surface area contributed by atoms with Gasteiger partial charge in [0.1, 0.15) is 26.4 Å². The van der Waals surface area contributed by atoms with Gasteiger partial charge in [-0.1, -0.05) is 16.7 Å². The lowest BCUT2D eigenvalue weighted by Gasteiger charge is -2.29. The van der Waals surface area contributed by atoms with E-state index in [4.69, 9.17) is 48.8 Å². The predicted molar refractivity (Wildman–Crippen MR) is 307 cm³/mol. The van der Waals surface area contributed by atoms with Crippen LogP contribution in [0.4, 0.5) is 0 Å². The summed E-state index contributed by atoms with van der Waals surface area (Å²) in [6.45, 7) is 14.6. The lowest BCUT2D eigenvalue weighted by molar-refractivity contribution is -0.130. The molecule has 0 aromatic rings. The highest BCUT2D eigenvalue weighted by atomic mass is 16.5. The van der Waals surface area contributed by atoms with Crippen molar-refractivity contribution in [2.45, 2.75) is 123 Å². The van der Waals surface area contributed by atoms with E-state index in [1.807, 2.05) is 20.8 Å². The molecule has 3 atom stereocenters. The summed E-state index contributed by atoms with van der Waals surface area (Å²) in [7, 11) is 0. The maximum atomic E-state index is 12.8. The third-order valence-electron chi connectivity index (χ3n) is 12.3. The van der Waals surface area contributed by atoms with Crippen molar-refractivity contribution in [1.29, 1.82) is 0 Å². The number of hydrogen-bond donors (Lipinski definition) is 11. The first-order valence-corrected chi connectivity index (χ1v) is 28.6. The standard InChI is InChI=1S/C54H99N11O19/c1-40(66)36-81-29-25-79-23-19-59-51(72)38-83-31-27-77-21-17-57-48(69)12-9-13-49(70)58-18-22-78-28-32-84-39-52(73)60-20-24-80-26-30-82-37-46(67)33-44(53(55)74)11-7-8-16-56-47(68)14-10-15-50(71)63-45(34-61-41(2)42(3)64-75)35-62-54(5,6)43(4)65-76/h41,44-45,61-62,75-76H,7-39H2,1-6H3,(H2,55,74)(H,56,68)(H,57,69)(H,58,70)(H,59,72)(H,60,73)(H,63,71)/b64-42-,65-43-/t41?,44-,45?/m1/s1. The van der Waals surface area contributed by atoms with E-state index in [9.17, 15) is 48.4 Å². The van der Waals surface area contributed by atoms with Gasteiger partial charge in [-0.25, -0.2) is 0 Å². The van der Waals surface area contributed by atoms with E-state index < -0.39 is 17.4 Å². The fraction of sp³-hybridized carbons (Fsp3) is 0.796. The lowest BCUT2D eigenvalue weighted by Crippen LogP contribution is -2.55. The first-order valence-electron chi connectivity index (χ1n) is 28.6. The van der Waals surface area contributed by atoms with Crippen LogP contribution in [0.2, 0.25) is 0 Å². The largest absolute Gasteiger partial charge is 0.411 e. The minimum Gasteiger partial charge on any atom is -0.411 e. The van der Waals surface area contributed by atoms with Crippen LogP contribution in [-0.2, 0) is 81.0 Å². The van der Waals surface area contributed by atoms with Crippen molar-refractivity contribution in [3.63, 3.8) is 0 Å². The Morgan fingerprint density at radius 2 is 0.905 bits per heavy atom. The van der Waals surface area contributed by atoms with Gasteiger partial charge in [-0.15, -0.1) is 0 Å². The third-order valence-corrected chi connectivity index (χ3v) is 12.3. The highest BCUT2D eigenvalue weighted by Gasteiger charge is 2.25. The number of unbranched alkanes of at least 4 members (excludes halogenated alkanes) is 1. The molecule has 0 radical (unpaired) electrons. The topological polar surface area (TPSA) is 415 Å². The van der Waals surface area contributed by atoms with Gasteiger partial charge < -0.3 is 96.6 Å². The van der Waals surface area contributed by atoms with Crippen LogP contribution < -0.4 is 48.3 Å². The van der Waals surface area contributed by atoms with Crippen molar-refractivity contribution in [3.8, 4) is 0 Å². The number of carbonyl (C=O) groups excluding carboxylic acids is 9. The second kappa shape index (κ2) is 51.6. The average Bonchev–Trinajstić information content (AvgIpc) is 3.60. The van der Waals surface area contributed by atoms with Crippen LogP contribution in [0.15, 0.2) is 10.3 Å². The Labute approximate surface area is 493 Å². The summed E-state index contributed by atoms with van der Waals surface area (Å²) in [6, 6.07) is -0.624. The number of nitrogens with one attached hydrogen (secondary N) is 8. The van der Waals surface area contributed by atoms with Gasteiger partial charge in [0.2, 0.25) is 41.4 Å². The molecule has 0 rings (SSSR count). The van der Waals surface area contributed by atoms with Gasteiger partial charge in [0.25, 0.3) is 0 Å². The van der Waals surface area contributed by atoms with Gasteiger partial charge >= 0.3 is 0 Å². The Kier molecular flexibility index (Phi) is 48.0. The molecule has 0 aromatic heterocycles. The molecule has 0 fully saturated rings. The van der Waals surface area contributed by atoms with E-state index in [1.54, 1.807) is 13.8 Å². The van der Waals surface area contributed by atoms with Crippen LogP contribution >= 0.6 is 0 Å². The number of ether oxygens (including phenoxy) is 8. The second-order valence-corrected chi connectivity index (χ2v) is 20.0.